The van der Waals surface area contributed by atoms with Crippen LogP contribution in [0.5, 0.6) is 0 Å². The first kappa shape index (κ1) is 35.1. The molecular weight excluding hydrogens is 452 g/mol. The lowest BCUT2D eigenvalue weighted by Gasteiger charge is -2.16. The summed E-state index contributed by atoms with van der Waals surface area (Å²) in [6.07, 6.45) is 27.1. The molecule has 0 aliphatic carbocycles. The fraction of sp³-hybridized carbons (Fsp3) is 0.935. The highest BCUT2D eigenvalue weighted by Gasteiger charge is 2.15. The largest absolute Gasteiger partial charge is 0.433 e. The standard InChI is InChI=1S/C31H60O5/c1-3-5-7-9-11-13-14-15-16-18-20-22-24-26-30(34)36-31(27-32)35-28-29(33)25-23-21-19-17-12-10-8-6-4-2/h31-32H,3-28H2,1-2H3/t31-/m1/s1. The molecule has 0 aliphatic heterocycles. The van der Waals surface area contributed by atoms with E-state index in [-0.39, 0.29) is 18.4 Å². The minimum Gasteiger partial charge on any atom is -0.433 e. The van der Waals surface area contributed by atoms with E-state index in [0.29, 0.717) is 12.8 Å². The van der Waals surface area contributed by atoms with Gasteiger partial charge >= 0.3 is 5.97 Å². The zero-order valence-corrected chi connectivity index (χ0v) is 24.0. The predicted octanol–water partition coefficient (Wildman–Crippen LogP) is 8.84. The highest BCUT2D eigenvalue weighted by Crippen LogP contribution is 2.14. The van der Waals surface area contributed by atoms with Crippen LogP contribution in [-0.2, 0) is 19.1 Å². The summed E-state index contributed by atoms with van der Waals surface area (Å²) in [6.45, 7) is 3.96. The second-order valence-electron chi connectivity index (χ2n) is 10.5. The second kappa shape index (κ2) is 28.6. The zero-order valence-electron chi connectivity index (χ0n) is 24.0. The van der Waals surface area contributed by atoms with Crippen LogP contribution in [0.2, 0.25) is 0 Å². The van der Waals surface area contributed by atoms with E-state index in [1.807, 2.05) is 0 Å². The molecule has 0 fully saturated rings. The van der Waals surface area contributed by atoms with Gasteiger partial charge < -0.3 is 14.6 Å². The number of Topliss-reactive ketones (excluding diaryl/α,β-unsaturated/α-hetero) is 1. The van der Waals surface area contributed by atoms with E-state index in [4.69, 9.17) is 9.47 Å². The molecule has 0 heterocycles. The predicted molar refractivity (Wildman–Crippen MR) is 150 cm³/mol. The Morgan fingerprint density at radius 1 is 0.556 bits per heavy atom. The third-order valence-electron chi connectivity index (χ3n) is 6.89. The van der Waals surface area contributed by atoms with Crippen molar-refractivity contribution in [1.29, 1.82) is 0 Å². The first-order valence-corrected chi connectivity index (χ1v) is 15.6. The smallest absolute Gasteiger partial charge is 0.308 e. The van der Waals surface area contributed by atoms with Crippen LogP contribution in [0.1, 0.15) is 168 Å². The van der Waals surface area contributed by atoms with Gasteiger partial charge in [0.1, 0.15) is 13.2 Å². The molecule has 0 aromatic carbocycles. The molecule has 1 N–H and O–H groups in total. The maximum Gasteiger partial charge on any atom is 0.308 e. The van der Waals surface area contributed by atoms with E-state index >= 15 is 0 Å². The minimum atomic E-state index is -1.04. The Balaban J connectivity index is 3.56. The van der Waals surface area contributed by atoms with Crippen molar-refractivity contribution in [2.45, 2.75) is 174 Å². The number of carbonyl (C=O) groups is 2. The Labute approximate surface area is 223 Å². The molecule has 0 radical (unpaired) electrons. The van der Waals surface area contributed by atoms with Crippen LogP contribution >= 0.6 is 0 Å². The highest BCUT2D eigenvalue weighted by molar-refractivity contribution is 5.79. The van der Waals surface area contributed by atoms with Gasteiger partial charge in [-0.1, -0.05) is 142 Å². The number of aliphatic hydroxyl groups excluding tert-OH is 1. The number of unbranched alkanes of at least 4 members (excludes halogenated alkanes) is 20. The Morgan fingerprint density at radius 2 is 0.917 bits per heavy atom. The van der Waals surface area contributed by atoms with Crippen molar-refractivity contribution >= 4 is 11.8 Å². The molecule has 0 aliphatic rings. The highest BCUT2D eigenvalue weighted by atomic mass is 16.7. The SMILES string of the molecule is CCCCCCCCCCCCCCCC(=O)O[C@H](CO)OCC(=O)CCCCCCCCCCC. The molecule has 0 saturated heterocycles. The van der Waals surface area contributed by atoms with Crippen molar-refractivity contribution in [3.63, 3.8) is 0 Å². The van der Waals surface area contributed by atoms with E-state index in [1.165, 1.54) is 109 Å². The number of aliphatic hydroxyl groups is 1. The van der Waals surface area contributed by atoms with Crippen LogP contribution in [0.3, 0.4) is 0 Å². The molecule has 0 spiro atoms. The summed E-state index contributed by atoms with van der Waals surface area (Å²) in [7, 11) is 0. The van der Waals surface area contributed by atoms with Gasteiger partial charge in [0.05, 0.1) is 0 Å². The molecule has 0 saturated carbocycles. The Hall–Kier alpha value is -0.940. The monoisotopic (exact) mass is 512 g/mol. The quantitative estimate of drug-likeness (QED) is 0.0615. The average molecular weight is 513 g/mol. The molecule has 1 atom stereocenters. The lowest BCUT2D eigenvalue weighted by atomic mass is 10.0. The van der Waals surface area contributed by atoms with Gasteiger partial charge in [0.2, 0.25) is 6.29 Å². The van der Waals surface area contributed by atoms with Crippen LogP contribution in [0.25, 0.3) is 0 Å². The van der Waals surface area contributed by atoms with Crippen LogP contribution in [0.15, 0.2) is 0 Å². The maximum atomic E-state index is 12.0. The maximum absolute atomic E-state index is 12.0. The molecule has 0 rings (SSSR count). The van der Waals surface area contributed by atoms with Gasteiger partial charge in [-0.2, -0.15) is 0 Å². The second-order valence-corrected chi connectivity index (χ2v) is 10.5. The summed E-state index contributed by atoms with van der Waals surface area (Å²) in [5, 5.41) is 9.41. The molecule has 0 bridgehead atoms. The summed E-state index contributed by atoms with van der Waals surface area (Å²) in [5.41, 5.74) is 0. The van der Waals surface area contributed by atoms with Crippen molar-refractivity contribution in [3.05, 3.63) is 0 Å². The third-order valence-corrected chi connectivity index (χ3v) is 6.89. The number of carbonyl (C=O) groups excluding carboxylic acids is 2. The lowest BCUT2D eigenvalue weighted by molar-refractivity contribution is -0.188. The summed E-state index contributed by atoms with van der Waals surface area (Å²) >= 11 is 0. The van der Waals surface area contributed by atoms with Crippen molar-refractivity contribution < 1.29 is 24.2 Å². The molecule has 0 unspecified atom stereocenters. The molecule has 0 aromatic heterocycles. The van der Waals surface area contributed by atoms with E-state index in [1.54, 1.807) is 0 Å². The van der Waals surface area contributed by atoms with Crippen LogP contribution in [0.4, 0.5) is 0 Å². The summed E-state index contributed by atoms with van der Waals surface area (Å²) < 4.78 is 10.5. The molecule has 0 amide bonds. The normalized spacial score (nSPS) is 12.1. The van der Waals surface area contributed by atoms with Crippen molar-refractivity contribution in [2.24, 2.45) is 0 Å². The molecule has 5 heteroatoms. The van der Waals surface area contributed by atoms with Crippen LogP contribution < -0.4 is 0 Å². The Morgan fingerprint density at radius 3 is 1.31 bits per heavy atom. The van der Waals surface area contributed by atoms with Crippen molar-refractivity contribution in [3.8, 4) is 0 Å². The minimum absolute atomic E-state index is 0.00365. The van der Waals surface area contributed by atoms with Gasteiger partial charge in [-0.15, -0.1) is 0 Å². The Kier molecular flexibility index (Phi) is 27.9. The van der Waals surface area contributed by atoms with Gasteiger partial charge in [-0.05, 0) is 12.8 Å². The summed E-state index contributed by atoms with van der Waals surface area (Å²) in [5.74, 6) is -0.354. The first-order chi connectivity index (χ1) is 17.6. The van der Waals surface area contributed by atoms with Crippen molar-refractivity contribution in [1.82, 2.24) is 0 Å². The third kappa shape index (κ3) is 26.1. The molecule has 0 aromatic rings. The number of hydrogen-bond acceptors (Lipinski definition) is 5. The molecule has 36 heavy (non-hydrogen) atoms. The summed E-state index contributed by atoms with van der Waals surface area (Å²) in [4.78, 5) is 24.0. The number of rotatable bonds is 29. The molecule has 214 valence electrons. The van der Waals surface area contributed by atoms with Gasteiger partial charge in [0.25, 0.3) is 0 Å². The van der Waals surface area contributed by atoms with Gasteiger partial charge in [-0.3, -0.25) is 9.59 Å². The number of ketones is 1. The van der Waals surface area contributed by atoms with Gasteiger partial charge in [0, 0.05) is 12.8 Å². The fourth-order valence-electron chi connectivity index (χ4n) is 4.51. The molecule has 5 nitrogen and oxygen atoms in total. The average Bonchev–Trinajstić information content (AvgIpc) is 2.88. The fourth-order valence-corrected chi connectivity index (χ4v) is 4.51. The summed E-state index contributed by atoms with van der Waals surface area (Å²) in [6, 6.07) is 0. The van der Waals surface area contributed by atoms with E-state index in [2.05, 4.69) is 13.8 Å². The number of ether oxygens (including phenoxy) is 2. The molecular formula is C31H60O5. The van der Waals surface area contributed by atoms with Crippen LogP contribution in [0, 0.1) is 0 Å². The van der Waals surface area contributed by atoms with E-state index < -0.39 is 12.9 Å². The Bertz CT molecular complexity index is 480. The number of hydrogen-bond donors (Lipinski definition) is 1. The van der Waals surface area contributed by atoms with Crippen molar-refractivity contribution in [2.75, 3.05) is 13.2 Å². The van der Waals surface area contributed by atoms with Gasteiger partial charge in [0.15, 0.2) is 5.78 Å². The lowest BCUT2D eigenvalue weighted by Crippen LogP contribution is -2.27. The van der Waals surface area contributed by atoms with Crippen LogP contribution in [-0.4, -0.2) is 36.4 Å². The van der Waals surface area contributed by atoms with E-state index in [0.717, 1.165) is 32.1 Å². The topological polar surface area (TPSA) is 72.8 Å². The first-order valence-electron chi connectivity index (χ1n) is 15.6. The van der Waals surface area contributed by atoms with Gasteiger partial charge in [-0.25, -0.2) is 0 Å². The number of esters is 1. The van der Waals surface area contributed by atoms with E-state index in [9.17, 15) is 14.7 Å². The zero-order chi connectivity index (χ0) is 26.5.